The van der Waals surface area contributed by atoms with Gasteiger partial charge in [-0.1, -0.05) is 35.9 Å². The lowest BCUT2D eigenvalue weighted by molar-refractivity contribution is 0.0576. The van der Waals surface area contributed by atoms with Crippen LogP contribution in [-0.2, 0) is 12.0 Å². The Morgan fingerprint density at radius 3 is 2.21 bits per heavy atom. The molecule has 0 saturated carbocycles. The van der Waals surface area contributed by atoms with Crippen LogP contribution in [0.15, 0.2) is 48.5 Å². The van der Waals surface area contributed by atoms with Gasteiger partial charge in [0.1, 0.15) is 0 Å². The summed E-state index contributed by atoms with van der Waals surface area (Å²) in [4.78, 5) is 0. The minimum Gasteiger partial charge on any atom is -0.385 e. The van der Waals surface area contributed by atoms with E-state index in [1.165, 1.54) is 0 Å². The summed E-state index contributed by atoms with van der Waals surface area (Å²) in [5, 5.41) is 20.0. The van der Waals surface area contributed by atoms with Gasteiger partial charge in [0.2, 0.25) is 0 Å². The van der Waals surface area contributed by atoms with Crippen molar-refractivity contribution >= 4 is 11.6 Å². The van der Waals surface area contributed by atoms with Gasteiger partial charge >= 0.3 is 0 Å². The van der Waals surface area contributed by atoms with Crippen molar-refractivity contribution in [3.8, 4) is 6.07 Å². The molecular formula is C16H14ClNO. The van der Waals surface area contributed by atoms with E-state index in [2.05, 4.69) is 6.07 Å². The summed E-state index contributed by atoms with van der Waals surface area (Å²) >= 11 is 5.84. The van der Waals surface area contributed by atoms with Gasteiger partial charge in [-0.15, -0.1) is 0 Å². The Labute approximate surface area is 117 Å². The summed E-state index contributed by atoms with van der Waals surface area (Å²) < 4.78 is 0. The molecule has 19 heavy (non-hydrogen) atoms. The van der Waals surface area contributed by atoms with Crippen molar-refractivity contribution in [1.29, 1.82) is 5.26 Å². The van der Waals surface area contributed by atoms with Crippen LogP contribution in [0, 0.1) is 11.3 Å². The number of nitrogens with zero attached hydrogens (tertiary/aromatic N) is 1. The Morgan fingerprint density at radius 2 is 1.68 bits per heavy atom. The van der Waals surface area contributed by atoms with E-state index in [0.29, 0.717) is 17.0 Å². The van der Waals surface area contributed by atoms with Crippen molar-refractivity contribution in [2.75, 3.05) is 0 Å². The van der Waals surface area contributed by atoms with Crippen LogP contribution >= 0.6 is 11.6 Å². The van der Waals surface area contributed by atoms with E-state index in [9.17, 15) is 5.11 Å². The molecule has 1 atom stereocenters. The lowest BCUT2D eigenvalue weighted by Gasteiger charge is -2.24. The van der Waals surface area contributed by atoms with Gasteiger partial charge < -0.3 is 5.11 Å². The van der Waals surface area contributed by atoms with Crippen LogP contribution in [0.1, 0.15) is 23.6 Å². The molecule has 0 bridgehead atoms. The maximum Gasteiger partial charge on any atom is 0.0991 e. The number of aliphatic hydroxyl groups is 1. The molecule has 96 valence electrons. The highest BCUT2D eigenvalue weighted by atomic mass is 35.5. The molecule has 0 aliphatic rings. The second-order valence-corrected chi connectivity index (χ2v) is 5.20. The topological polar surface area (TPSA) is 44.0 Å². The van der Waals surface area contributed by atoms with E-state index < -0.39 is 5.60 Å². The first-order chi connectivity index (χ1) is 9.01. The standard InChI is InChI=1S/C16H14ClNO/c1-16(19,10-12-4-8-15(17)9-5-12)14-6-2-13(11-18)3-7-14/h2-9,19H,10H2,1H3. The van der Waals surface area contributed by atoms with Gasteiger partial charge in [0.05, 0.1) is 17.2 Å². The minimum absolute atomic E-state index is 0.496. The first-order valence-electron chi connectivity index (χ1n) is 5.99. The van der Waals surface area contributed by atoms with Gasteiger partial charge in [0, 0.05) is 11.4 Å². The highest BCUT2D eigenvalue weighted by Gasteiger charge is 2.23. The van der Waals surface area contributed by atoms with Crippen molar-refractivity contribution in [2.45, 2.75) is 18.9 Å². The van der Waals surface area contributed by atoms with Crippen LogP contribution in [0.4, 0.5) is 0 Å². The third-order valence-electron chi connectivity index (χ3n) is 3.10. The summed E-state index contributed by atoms with van der Waals surface area (Å²) in [6, 6.07) is 16.5. The summed E-state index contributed by atoms with van der Waals surface area (Å²) in [6.45, 7) is 1.77. The predicted octanol–water partition coefficient (Wildman–Crippen LogP) is 3.66. The number of hydrogen-bond donors (Lipinski definition) is 1. The quantitative estimate of drug-likeness (QED) is 0.926. The number of hydrogen-bond acceptors (Lipinski definition) is 2. The fourth-order valence-corrected chi connectivity index (χ4v) is 2.13. The smallest absolute Gasteiger partial charge is 0.0991 e. The first kappa shape index (κ1) is 13.6. The number of rotatable bonds is 3. The summed E-state index contributed by atoms with van der Waals surface area (Å²) in [6.07, 6.45) is 0.496. The molecule has 1 unspecified atom stereocenters. The van der Waals surface area contributed by atoms with Crippen LogP contribution in [0.3, 0.4) is 0 Å². The normalized spacial score (nSPS) is 13.6. The van der Waals surface area contributed by atoms with Crippen LogP contribution in [-0.4, -0.2) is 5.11 Å². The number of halogens is 1. The molecule has 0 saturated heterocycles. The average molecular weight is 272 g/mol. The van der Waals surface area contributed by atoms with Crippen LogP contribution in [0.5, 0.6) is 0 Å². The molecule has 3 heteroatoms. The Bertz CT molecular complexity index is 594. The molecule has 0 aliphatic heterocycles. The van der Waals surface area contributed by atoms with Gasteiger partial charge in [-0.2, -0.15) is 5.26 Å². The van der Waals surface area contributed by atoms with Crippen LogP contribution < -0.4 is 0 Å². The molecular weight excluding hydrogens is 258 g/mol. The fraction of sp³-hybridized carbons (Fsp3) is 0.188. The summed E-state index contributed by atoms with van der Waals surface area (Å²) in [7, 11) is 0. The Balaban J connectivity index is 2.21. The summed E-state index contributed by atoms with van der Waals surface area (Å²) in [5.41, 5.74) is 1.42. The molecule has 0 amide bonds. The molecule has 0 aromatic heterocycles. The van der Waals surface area contributed by atoms with E-state index in [4.69, 9.17) is 16.9 Å². The molecule has 2 nitrogen and oxygen atoms in total. The van der Waals surface area contributed by atoms with Crippen molar-refractivity contribution in [3.05, 3.63) is 70.2 Å². The van der Waals surface area contributed by atoms with E-state index in [1.54, 1.807) is 31.2 Å². The lowest BCUT2D eigenvalue weighted by atomic mass is 9.89. The van der Waals surface area contributed by atoms with Crippen LogP contribution in [0.25, 0.3) is 0 Å². The Kier molecular flexibility index (Phi) is 3.90. The minimum atomic E-state index is -0.970. The van der Waals surface area contributed by atoms with E-state index in [0.717, 1.165) is 11.1 Å². The monoisotopic (exact) mass is 271 g/mol. The number of nitriles is 1. The second kappa shape index (κ2) is 5.44. The van der Waals surface area contributed by atoms with Gasteiger partial charge in [0.25, 0.3) is 0 Å². The van der Waals surface area contributed by atoms with E-state index >= 15 is 0 Å². The van der Waals surface area contributed by atoms with E-state index in [-0.39, 0.29) is 0 Å². The maximum absolute atomic E-state index is 10.6. The molecule has 0 spiro atoms. The van der Waals surface area contributed by atoms with Gasteiger partial charge in [-0.25, -0.2) is 0 Å². The zero-order valence-electron chi connectivity index (χ0n) is 10.6. The van der Waals surface area contributed by atoms with Crippen molar-refractivity contribution in [1.82, 2.24) is 0 Å². The largest absolute Gasteiger partial charge is 0.385 e. The van der Waals surface area contributed by atoms with Crippen LogP contribution in [0.2, 0.25) is 5.02 Å². The molecule has 0 radical (unpaired) electrons. The second-order valence-electron chi connectivity index (χ2n) is 4.77. The molecule has 0 heterocycles. The van der Waals surface area contributed by atoms with E-state index in [1.807, 2.05) is 24.3 Å². The third kappa shape index (κ3) is 3.35. The molecule has 2 rings (SSSR count). The lowest BCUT2D eigenvalue weighted by Crippen LogP contribution is -2.24. The first-order valence-corrected chi connectivity index (χ1v) is 6.36. The Hall–Kier alpha value is -1.82. The number of benzene rings is 2. The summed E-state index contributed by atoms with van der Waals surface area (Å²) in [5.74, 6) is 0. The zero-order chi connectivity index (χ0) is 13.9. The molecule has 2 aromatic carbocycles. The van der Waals surface area contributed by atoms with Crippen molar-refractivity contribution in [3.63, 3.8) is 0 Å². The van der Waals surface area contributed by atoms with Gasteiger partial charge in [-0.05, 0) is 42.3 Å². The van der Waals surface area contributed by atoms with Crippen molar-refractivity contribution < 1.29 is 5.11 Å². The molecule has 1 N–H and O–H groups in total. The highest BCUT2D eigenvalue weighted by molar-refractivity contribution is 6.30. The Morgan fingerprint density at radius 1 is 1.11 bits per heavy atom. The van der Waals surface area contributed by atoms with Gasteiger partial charge in [-0.3, -0.25) is 0 Å². The highest BCUT2D eigenvalue weighted by Crippen LogP contribution is 2.26. The SMILES string of the molecule is CC(O)(Cc1ccc(Cl)cc1)c1ccc(C#N)cc1. The zero-order valence-corrected chi connectivity index (χ0v) is 11.4. The van der Waals surface area contributed by atoms with Crippen molar-refractivity contribution in [2.24, 2.45) is 0 Å². The average Bonchev–Trinajstić information content (AvgIpc) is 2.41. The molecule has 0 fully saturated rings. The molecule has 2 aromatic rings. The fourth-order valence-electron chi connectivity index (χ4n) is 2.01. The maximum atomic E-state index is 10.6. The predicted molar refractivity (Wildman–Crippen MR) is 75.9 cm³/mol. The van der Waals surface area contributed by atoms with Gasteiger partial charge in [0.15, 0.2) is 0 Å². The third-order valence-corrected chi connectivity index (χ3v) is 3.35. The molecule has 0 aliphatic carbocycles.